The van der Waals surface area contributed by atoms with Gasteiger partial charge in [-0.1, -0.05) is 0 Å². The first kappa shape index (κ1) is 5.91. The molecule has 0 radical (unpaired) electrons. The van der Waals surface area contributed by atoms with Crippen molar-refractivity contribution in [2.24, 2.45) is 0 Å². The Bertz CT molecular complexity index is 62.5. The van der Waals surface area contributed by atoms with Gasteiger partial charge < -0.3 is 0 Å². The summed E-state index contributed by atoms with van der Waals surface area (Å²) in [6, 6.07) is 0. The second-order valence-electron chi connectivity index (χ2n) is 2.70. The third-order valence-corrected chi connectivity index (χ3v) is 5.88. The molecule has 0 N–H and O–H groups in total. The number of hydrogen-bond donors (Lipinski definition) is 1. The summed E-state index contributed by atoms with van der Waals surface area (Å²) in [5.74, 6) is 0. The topological polar surface area (TPSA) is 0 Å². The van der Waals surface area contributed by atoms with Crippen LogP contribution in [0.1, 0.15) is 12.8 Å². The van der Waals surface area contributed by atoms with Crippen molar-refractivity contribution in [3.05, 3.63) is 0 Å². The van der Waals surface area contributed by atoms with Crippen LogP contribution in [0.5, 0.6) is 0 Å². The van der Waals surface area contributed by atoms with Crippen LogP contribution in [0.4, 0.5) is 0 Å². The van der Waals surface area contributed by atoms with E-state index >= 15 is 0 Å². The predicted octanol–water partition coefficient (Wildman–Crippen LogP) is 2.00. The fourth-order valence-electron chi connectivity index (χ4n) is 1.14. The quantitative estimate of drug-likeness (QED) is 0.382. The summed E-state index contributed by atoms with van der Waals surface area (Å²) in [5.41, 5.74) is 0. The molecule has 1 aliphatic heterocycles. The second-order valence-corrected chi connectivity index (χ2v) is 9.94. The van der Waals surface area contributed by atoms with Crippen molar-refractivity contribution in [1.82, 2.24) is 0 Å². The molecule has 0 spiro atoms. The Morgan fingerprint density at radius 2 is 1.71 bits per heavy atom. The molecule has 0 aromatic heterocycles. The van der Waals surface area contributed by atoms with Gasteiger partial charge >= 0.3 is 50.5 Å². The molecule has 0 aromatic rings. The average Bonchev–Trinajstić information content (AvgIpc) is 1.84. The van der Waals surface area contributed by atoms with E-state index in [0.717, 1.165) is 0 Å². The average molecular weight is 136 g/mol. The van der Waals surface area contributed by atoms with Crippen LogP contribution in [0.2, 0.25) is 0 Å². The van der Waals surface area contributed by atoms with Crippen molar-refractivity contribution in [3.63, 3.8) is 0 Å². The van der Waals surface area contributed by atoms with Crippen molar-refractivity contribution >= 4 is 18.7 Å². The van der Waals surface area contributed by atoms with Crippen molar-refractivity contribution < 1.29 is 0 Å². The van der Waals surface area contributed by atoms with Gasteiger partial charge in [0.2, 0.25) is 0 Å². The molecule has 1 heterocycles. The SMILES string of the molecule is C[PH]1(S)CCCC1. The molecule has 7 heavy (non-hydrogen) atoms. The molecule has 0 aromatic carbocycles. The van der Waals surface area contributed by atoms with Gasteiger partial charge in [-0.2, -0.15) is 0 Å². The Kier molecular flexibility index (Phi) is 1.65. The van der Waals surface area contributed by atoms with Gasteiger partial charge in [-0.15, -0.1) is 0 Å². The van der Waals surface area contributed by atoms with E-state index in [1.807, 2.05) is 0 Å². The molecule has 1 saturated heterocycles. The molecular weight excluding hydrogens is 123 g/mol. The Morgan fingerprint density at radius 3 is 1.86 bits per heavy atom. The number of hydrogen-bond acceptors (Lipinski definition) is 1. The van der Waals surface area contributed by atoms with Crippen LogP contribution in [0.25, 0.3) is 0 Å². The van der Waals surface area contributed by atoms with E-state index in [2.05, 4.69) is 18.9 Å². The standard InChI is InChI=1S/C5H13PS/c1-6(7)4-2-3-5-6/h6-7H,2-5H2,1H3. The van der Waals surface area contributed by atoms with Crippen molar-refractivity contribution in [2.45, 2.75) is 12.8 Å². The third-order valence-electron chi connectivity index (χ3n) is 1.68. The molecule has 0 nitrogen and oxygen atoms in total. The maximum atomic E-state index is 4.59. The number of rotatable bonds is 0. The van der Waals surface area contributed by atoms with Crippen LogP contribution in [0.15, 0.2) is 0 Å². The van der Waals surface area contributed by atoms with Crippen molar-refractivity contribution in [2.75, 3.05) is 19.0 Å². The minimum atomic E-state index is -0.846. The molecule has 1 rings (SSSR count). The summed E-state index contributed by atoms with van der Waals surface area (Å²) in [5, 5.41) is 0. The van der Waals surface area contributed by atoms with Crippen LogP contribution >= 0.6 is 18.7 Å². The molecule has 0 amide bonds. The van der Waals surface area contributed by atoms with Crippen LogP contribution in [-0.4, -0.2) is 19.0 Å². The zero-order valence-electron chi connectivity index (χ0n) is 4.78. The van der Waals surface area contributed by atoms with Crippen molar-refractivity contribution in [1.29, 1.82) is 0 Å². The van der Waals surface area contributed by atoms with E-state index in [9.17, 15) is 0 Å². The second kappa shape index (κ2) is 1.95. The first-order valence-corrected chi connectivity index (χ1v) is 7.13. The van der Waals surface area contributed by atoms with Gasteiger partial charge in [-0.05, 0) is 0 Å². The maximum absolute atomic E-state index is 4.59. The molecule has 1 aliphatic rings. The molecule has 1 fully saturated rings. The van der Waals surface area contributed by atoms with Gasteiger partial charge in [0.25, 0.3) is 0 Å². The fraction of sp³-hybridized carbons (Fsp3) is 1.00. The normalized spacial score (nSPS) is 32.9. The summed E-state index contributed by atoms with van der Waals surface area (Å²) in [6.45, 7) is 1.52. The molecule has 0 bridgehead atoms. The summed E-state index contributed by atoms with van der Waals surface area (Å²) in [6.07, 6.45) is 5.81. The first-order chi connectivity index (χ1) is 3.21. The molecule has 44 valence electrons. The van der Waals surface area contributed by atoms with Crippen LogP contribution in [0.3, 0.4) is 0 Å². The summed E-state index contributed by atoms with van der Waals surface area (Å²) >= 11 is 4.59. The zero-order valence-corrected chi connectivity index (χ0v) is 6.67. The first-order valence-electron chi connectivity index (χ1n) is 2.93. The van der Waals surface area contributed by atoms with E-state index in [4.69, 9.17) is 0 Å². The Labute approximate surface area is 51.2 Å². The van der Waals surface area contributed by atoms with Crippen LogP contribution in [0, 0.1) is 0 Å². The third kappa shape index (κ3) is 1.62. The Balaban J connectivity index is 2.40. The van der Waals surface area contributed by atoms with Crippen molar-refractivity contribution in [3.8, 4) is 0 Å². The predicted molar refractivity (Wildman–Crippen MR) is 42.2 cm³/mol. The number of thiol groups is 1. The van der Waals surface area contributed by atoms with E-state index in [0.29, 0.717) is 0 Å². The molecule has 0 atom stereocenters. The monoisotopic (exact) mass is 136 g/mol. The van der Waals surface area contributed by atoms with Gasteiger partial charge in [0.1, 0.15) is 0 Å². The van der Waals surface area contributed by atoms with Crippen LogP contribution < -0.4 is 0 Å². The Morgan fingerprint density at radius 1 is 1.29 bits per heavy atom. The van der Waals surface area contributed by atoms with Gasteiger partial charge in [0.15, 0.2) is 0 Å². The fourth-order valence-corrected chi connectivity index (χ4v) is 4.36. The molecule has 0 saturated carbocycles. The molecule has 0 aliphatic carbocycles. The van der Waals surface area contributed by atoms with Gasteiger partial charge in [-0.3, -0.25) is 0 Å². The molecular formula is C5H13PS. The summed E-state index contributed by atoms with van der Waals surface area (Å²) in [7, 11) is 0. The van der Waals surface area contributed by atoms with Gasteiger partial charge in [0.05, 0.1) is 0 Å². The van der Waals surface area contributed by atoms with Crippen LogP contribution in [-0.2, 0) is 0 Å². The van der Waals surface area contributed by atoms with Gasteiger partial charge in [0, 0.05) is 0 Å². The molecule has 2 heteroatoms. The van der Waals surface area contributed by atoms with Gasteiger partial charge in [-0.25, -0.2) is 0 Å². The summed E-state index contributed by atoms with van der Waals surface area (Å²) in [4.78, 5) is 0. The van der Waals surface area contributed by atoms with E-state index in [-0.39, 0.29) is 0 Å². The summed E-state index contributed by atoms with van der Waals surface area (Å²) < 4.78 is 0. The van der Waals surface area contributed by atoms with E-state index in [1.54, 1.807) is 0 Å². The molecule has 0 unspecified atom stereocenters. The van der Waals surface area contributed by atoms with E-state index in [1.165, 1.54) is 25.2 Å². The zero-order chi connectivity index (χ0) is 5.33. The Hall–Kier alpha value is 0.780. The van der Waals surface area contributed by atoms with E-state index < -0.39 is 6.46 Å². The minimum absolute atomic E-state index is 0.846.